The van der Waals surface area contributed by atoms with E-state index in [1.54, 1.807) is 35.6 Å². The maximum atomic E-state index is 12.6. The van der Waals surface area contributed by atoms with Crippen LogP contribution in [0.5, 0.6) is 5.75 Å². The summed E-state index contributed by atoms with van der Waals surface area (Å²) in [5.41, 5.74) is 1.39. The number of thioether (sulfide) groups is 1. The molecule has 2 N–H and O–H groups in total. The number of hydrogen-bond acceptors (Lipinski definition) is 7. The summed E-state index contributed by atoms with van der Waals surface area (Å²) in [6.07, 6.45) is 0.0835. The van der Waals surface area contributed by atoms with Crippen molar-refractivity contribution in [1.29, 1.82) is 0 Å². The number of rotatable bonds is 6. The van der Waals surface area contributed by atoms with Crippen LogP contribution in [0.4, 0.5) is 5.69 Å². The number of hydrogen-bond donors (Lipinski definition) is 2. The van der Waals surface area contributed by atoms with Gasteiger partial charge in [0.2, 0.25) is 11.8 Å². The lowest BCUT2D eigenvalue weighted by molar-refractivity contribution is -0.123. The molecular weight excluding hydrogens is 396 g/mol. The Kier molecular flexibility index (Phi) is 6.83. The van der Waals surface area contributed by atoms with Gasteiger partial charge in [-0.3, -0.25) is 9.59 Å². The summed E-state index contributed by atoms with van der Waals surface area (Å²) in [5.74, 6) is 0.226. The van der Waals surface area contributed by atoms with E-state index in [0.29, 0.717) is 17.5 Å². The normalized spacial score (nSPS) is 18.6. The van der Waals surface area contributed by atoms with Gasteiger partial charge in [0.1, 0.15) is 11.0 Å². The molecule has 1 aliphatic heterocycles. The van der Waals surface area contributed by atoms with Gasteiger partial charge in [0, 0.05) is 12.1 Å². The van der Waals surface area contributed by atoms with Crippen LogP contribution in [0.15, 0.2) is 52.0 Å². The molecule has 1 aliphatic rings. The van der Waals surface area contributed by atoms with Crippen molar-refractivity contribution in [3.8, 4) is 5.75 Å². The van der Waals surface area contributed by atoms with Gasteiger partial charge in [-0.2, -0.15) is 5.10 Å². The Morgan fingerprint density at radius 3 is 2.79 bits per heavy atom. The van der Waals surface area contributed by atoms with Gasteiger partial charge in [-0.1, -0.05) is 17.8 Å². The summed E-state index contributed by atoms with van der Waals surface area (Å²) in [4.78, 5) is 25.5. The minimum absolute atomic E-state index is 0.0835. The molecular formula is C19H20N4O3S2. The van der Waals surface area contributed by atoms with E-state index in [4.69, 9.17) is 4.74 Å². The highest BCUT2D eigenvalue weighted by Crippen LogP contribution is 2.23. The number of anilines is 1. The highest BCUT2D eigenvalue weighted by atomic mass is 32.2. The number of amidine groups is 1. The summed E-state index contributed by atoms with van der Waals surface area (Å²) in [5, 5.41) is 15.5. The van der Waals surface area contributed by atoms with E-state index in [2.05, 4.69) is 20.8 Å². The lowest BCUT2D eigenvalue weighted by Gasteiger charge is -2.21. The van der Waals surface area contributed by atoms with Crippen LogP contribution in [0.2, 0.25) is 0 Å². The molecule has 1 unspecified atom stereocenters. The van der Waals surface area contributed by atoms with E-state index in [1.807, 2.05) is 31.4 Å². The number of ether oxygens (including phenoxy) is 1. The molecule has 7 nitrogen and oxygen atoms in total. The Labute approximate surface area is 171 Å². The number of nitrogens with zero attached hydrogens (tertiary/aromatic N) is 2. The second kappa shape index (κ2) is 9.52. The quantitative estimate of drug-likeness (QED) is 0.557. The zero-order chi connectivity index (χ0) is 19.9. The third kappa shape index (κ3) is 5.43. The fraction of sp³-hybridized carbons (Fsp3) is 0.263. The molecule has 1 atom stereocenters. The highest BCUT2D eigenvalue weighted by molar-refractivity contribution is 8.15. The lowest BCUT2D eigenvalue weighted by atomic mass is 10.2. The number of nitrogens with one attached hydrogen (secondary N) is 2. The Morgan fingerprint density at radius 2 is 2.11 bits per heavy atom. The van der Waals surface area contributed by atoms with Gasteiger partial charge in [0.05, 0.1) is 17.2 Å². The first-order valence-electron chi connectivity index (χ1n) is 8.71. The van der Waals surface area contributed by atoms with Crippen molar-refractivity contribution >= 4 is 51.5 Å². The molecule has 0 aliphatic carbocycles. The zero-order valence-electron chi connectivity index (χ0n) is 15.5. The molecule has 2 amide bonds. The van der Waals surface area contributed by atoms with Crippen LogP contribution in [-0.2, 0) is 9.59 Å². The molecule has 146 valence electrons. The van der Waals surface area contributed by atoms with E-state index in [-0.39, 0.29) is 18.2 Å². The number of thiophene rings is 1. The molecule has 0 saturated carbocycles. The second-order valence-electron chi connectivity index (χ2n) is 5.87. The Balaban J connectivity index is 1.64. The van der Waals surface area contributed by atoms with Crippen molar-refractivity contribution in [2.24, 2.45) is 10.2 Å². The fourth-order valence-corrected chi connectivity index (χ4v) is 4.02. The first kappa shape index (κ1) is 20.1. The predicted molar refractivity (Wildman–Crippen MR) is 114 cm³/mol. The molecule has 1 aromatic heterocycles. The molecule has 1 saturated heterocycles. The predicted octanol–water partition coefficient (Wildman–Crippen LogP) is 3.49. The zero-order valence-corrected chi connectivity index (χ0v) is 17.1. The van der Waals surface area contributed by atoms with Gasteiger partial charge in [0.15, 0.2) is 5.17 Å². The smallest absolute Gasteiger partial charge is 0.238 e. The maximum absolute atomic E-state index is 12.6. The average molecular weight is 417 g/mol. The Bertz CT molecular complexity index is 892. The van der Waals surface area contributed by atoms with Crippen LogP contribution in [-0.4, -0.2) is 34.6 Å². The van der Waals surface area contributed by atoms with Crippen LogP contribution >= 0.6 is 23.1 Å². The summed E-state index contributed by atoms with van der Waals surface area (Å²) in [6, 6.07) is 11.0. The topological polar surface area (TPSA) is 92.1 Å². The summed E-state index contributed by atoms with van der Waals surface area (Å²) in [6.45, 7) is 4.34. The SMILES string of the molecule is CCOc1ccc(NC(=O)C2CC(=O)N/C(=N\N=C(/C)c3cccs3)S2)cc1. The number of carbonyl (C=O) groups excluding carboxylic acids is 2. The number of carbonyl (C=O) groups is 2. The minimum Gasteiger partial charge on any atom is -0.494 e. The van der Waals surface area contributed by atoms with Gasteiger partial charge in [-0.05, 0) is 49.6 Å². The fourth-order valence-electron chi connectivity index (χ4n) is 2.42. The molecule has 1 fully saturated rings. The van der Waals surface area contributed by atoms with Crippen molar-refractivity contribution < 1.29 is 14.3 Å². The van der Waals surface area contributed by atoms with Crippen molar-refractivity contribution in [1.82, 2.24) is 5.32 Å². The highest BCUT2D eigenvalue weighted by Gasteiger charge is 2.30. The summed E-state index contributed by atoms with van der Waals surface area (Å²) >= 11 is 2.75. The van der Waals surface area contributed by atoms with Crippen molar-refractivity contribution in [3.63, 3.8) is 0 Å². The first-order valence-corrected chi connectivity index (χ1v) is 10.5. The van der Waals surface area contributed by atoms with Gasteiger partial charge in [0.25, 0.3) is 0 Å². The second-order valence-corrected chi connectivity index (χ2v) is 8.01. The van der Waals surface area contributed by atoms with Crippen LogP contribution in [0.25, 0.3) is 0 Å². The number of benzene rings is 1. The standard InChI is InChI=1S/C19H20N4O3S2/c1-3-26-14-8-6-13(7-9-14)20-18(25)16-11-17(24)21-19(28-16)23-22-12(2)15-5-4-10-27-15/h4-10,16H,3,11H2,1-2H3,(H,20,25)(H,21,23,24)/b22-12+. The van der Waals surface area contributed by atoms with Crippen LogP contribution < -0.4 is 15.4 Å². The van der Waals surface area contributed by atoms with Gasteiger partial charge < -0.3 is 15.4 Å². The average Bonchev–Trinajstić information content (AvgIpc) is 3.22. The lowest BCUT2D eigenvalue weighted by Crippen LogP contribution is -2.41. The van der Waals surface area contributed by atoms with Crippen molar-refractivity contribution in [2.45, 2.75) is 25.5 Å². The van der Waals surface area contributed by atoms with E-state index in [9.17, 15) is 9.59 Å². The van der Waals surface area contributed by atoms with Gasteiger partial charge in [-0.25, -0.2) is 0 Å². The molecule has 0 spiro atoms. The Morgan fingerprint density at radius 1 is 1.32 bits per heavy atom. The van der Waals surface area contributed by atoms with Crippen LogP contribution in [0.3, 0.4) is 0 Å². The Hall–Kier alpha value is -2.65. The van der Waals surface area contributed by atoms with E-state index >= 15 is 0 Å². The molecule has 9 heteroatoms. The minimum atomic E-state index is -0.573. The first-order chi connectivity index (χ1) is 13.5. The van der Waals surface area contributed by atoms with Crippen LogP contribution in [0, 0.1) is 0 Å². The van der Waals surface area contributed by atoms with E-state index in [1.165, 1.54) is 11.8 Å². The van der Waals surface area contributed by atoms with Crippen molar-refractivity contribution in [2.75, 3.05) is 11.9 Å². The molecule has 1 aromatic carbocycles. The third-order valence-corrected chi connectivity index (χ3v) is 5.82. The van der Waals surface area contributed by atoms with Crippen molar-refractivity contribution in [3.05, 3.63) is 46.7 Å². The van der Waals surface area contributed by atoms with Crippen LogP contribution in [0.1, 0.15) is 25.1 Å². The van der Waals surface area contributed by atoms with Gasteiger partial charge in [-0.15, -0.1) is 16.4 Å². The van der Waals surface area contributed by atoms with E-state index in [0.717, 1.165) is 16.3 Å². The van der Waals surface area contributed by atoms with E-state index < -0.39 is 5.25 Å². The maximum Gasteiger partial charge on any atom is 0.238 e. The molecule has 3 rings (SSSR count). The summed E-state index contributed by atoms with van der Waals surface area (Å²) < 4.78 is 5.39. The molecule has 2 heterocycles. The monoisotopic (exact) mass is 416 g/mol. The molecule has 0 radical (unpaired) electrons. The number of amides is 2. The molecule has 2 aromatic rings. The molecule has 28 heavy (non-hydrogen) atoms. The van der Waals surface area contributed by atoms with Gasteiger partial charge >= 0.3 is 0 Å². The molecule has 0 bridgehead atoms. The largest absolute Gasteiger partial charge is 0.494 e. The summed E-state index contributed by atoms with van der Waals surface area (Å²) in [7, 11) is 0. The third-order valence-electron chi connectivity index (χ3n) is 3.76.